The van der Waals surface area contributed by atoms with Gasteiger partial charge in [0.2, 0.25) is 0 Å². The molecule has 0 radical (unpaired) electrons. The summed E-state index contributed by atoms with van der Waals surface area (Å²) < 4.78 is 33.3. The number of allylic oxidation sites excluding steroid dienone is 1. The highest BCUT2D eigenvalue weighted by Gasteiger charge is 2.61. The van der Waals surface area contributed by atoms with Crippen LogP contribution in [0.1, 0.15) is 103 Å². The Labute approximate surface area is 228 Å². The van der Waals surface area contributed by atoms with Crippen LogP contribution in [0, 0.1) is 28.6 Å². The maximum absolute atomic E-state index is 10.7. The molecule has 3 saturated carbocycles. The van der Waals surface area contributed by atoms with Crippen molar-refractivity contribution in [1.29, 1.82) is 0 Å². The van der Waals surface area contributed by atoms with Crippen molar-refractivity contribution in [3.63, 3.8) is 0 Å². The number of hydrogen-bond acceptors (Lipinski definition) is 3. The monoisotopic (exact) mass is 536 g/mol. The Morgan fingerprint density at radius 3 is 2.22 bits per heavy atom. The molecule has 8 atom stereocenters. The summed E-state index contributed by atoms with van der Waals surface area (Å²) in [5.41, 5.74) is 0.821. The smallest absolute Gasteiger partial charge is 0.192 e. The predicted molar refractivity (Wildman–Crippen MR) is 157 cm³/mol. The molecule has 4 aliphatic carbocycles. The number of hydrogen-bond donors (Lipinski definition) is 1. The fourth-order valence-electron chi connectivity index (χ4n) is 7.39. The lowest BCUT2D eigenvalue weighted by molar-refractivity contribution is -0.0847. The SMILES string of the molecule is [2H][C@@H](O[Si](C)(C)C(C)(C)C)[C@]12CC[C@H](O)CC1=CC[C@@H]1[C@@H]2CC[C@@]2(C)[C@H]1CC[C@]2([2H])O[Si](C)(C)C(C)(C)C. The van der Waals surface area contributed by atoms with Gasteiger partial charge in [0.15, 0.2) is 16.6 Å². The van der Waals surface area contributed by atoms with E-state index in [1.165, 1.54) is 5.57 Å². The quantitative estimate of drug-likeness (QED) is 0.282. The van der Waals surface area contributed by atoms with Crippen LogP contribution in [-0.4, -0.2) is 40.5 Å². The van der Waals surface area contributed by atoms with Gasteiger partial charge in [0.25, 0.3) is 0 Å². The van der Waals surface area contributed by atoms with E-state index < -0.39 is 29.3 Å². The Balaban J connectivity index is 1.69. The third kappa shape index (κ3) is 4.80. The van der Waals surface area contributed by atoms with Crippen molar-refractivity contribution in [2.24, 2.45) is 28.6 Å². The molecule has 0 spiro atoms. The van der Waals surface area contributed by atoms with Crippen LogP contribution in [0.25, 0.3) is 0 Å². The molecule has 0 bridgehead atoms. The minimum atomic E-state index is -2.14. The Kier molecular flexibility index (Phi) is 6.80. The second-order valence-corrected chi connectivity index (χ2v) is 25.5. The van der Waals surface area contributed by atoms with Crippen molar-refractivity contribution in [2.75, 3.05) is 6.58 Å². The Morgan fingerprint density at radius 2 is 1.61 bits per heavy atom. The van der Waals surface area contributed by atoms with Crippen LogP contribution in [0.3, 0.4) is 0 Å². The zero-order valence-corrected chi connectivity index (χ0v) is 27.4. The first-order valence-corrected chi connectivity index (χ1v) is 20.6. The molecule has 4 rings (SSSR count). The molecule has 0 saturated heterocycles. The van der Waals surface area contributed by atoms with Crippen molar-refractivity contribution in [3.8, 4) is 0 Å². The van der Waals surface area contributed by atoms with Crippen LogP contribution < -0.4 is 0 Å². The van der Waals surface area contributed by atoms with Gasteiger partial charge in [0, 0.05) is 12.0 Å². The fourth-order valence-corrected chi connectivity index (χ4v) is 9.51. The Bertz CT molecular complexity index is 938. The van der Waals surface area contributed by atoms with Crippen LogP contribution in [-0.2, 0) is 8.85 Å². The Morgan fingerprint density at radius 1 is 0.972 bits per heavy atom. The third-order valence-electron chi connectivity index (χ3n) is 11.9. The van der Waals surface area contributed by atoms with Crippen molar-refractivity contribution in [3.05, 3.63) is 11.6 Å². The highest BCUT2D eigenvalue weighted by atomic mass is 28.4. The summed E-state index contributed by atoms with van der Waals surface area (Å²) in [4.78, 5) is 0. The second kappa shape index (κ2) is 9.32. The van der Waals surface area contributed by atoms with Crippen molar-refractivity contribution < 1.29 is 16.7 Å². The molecule has 0 heterocycles. The number of rotatable bonds is 5. The third-order valence-corrected chi connectivity index (χ3v) is 20.6. The van der Waals surface area contributed by atoms with Crippen molar-refractivity contribution >= 4 is 16.6 Å². The lowest BCUT2D eigenvalue weighted by Gasteiger charge is -2.59. The maximum Gasteiger partial charge on any atom is 0.192 e. The van der Waals surface area contributed by atoms with Gasteiger partial charge in [-0.25, -0.2) is 0 Å². The van der Waals surface area contributed by atoms with Gasteiger partial charge in [0.1, 0.15) is 0 Å². The van der Waals surface area contributed by atoms with E-state index in [0.717, 1.165) is 44.9 Å². The van der Waals surface area contributed by atoms with Gasteiger partial charge in [-0.3, -0.25) is 0 Å². The summed E-state index contributed by atoms with van der Waals surface area (Å²) in [6.45, 7) is 24.5. The minimum absolute atomic E-state index is 0.0531. The molecule has 1 N–H and O–H groups in total. The predicted octanol–water partition coefficient (Wildman–Crippen LogP) is 8.70. The number of fused-ring (bicyclic) bond motifs is 5. The topological polar surface area (TPSA) is 38.7 Å². The van der Waals surface area contributed by atoms with E-state index in [1.54, 1.807) is 0 Å². The van der Waals surface area contributed by atoms with Crippen molar-refractivity contribution in [1.82, 2.24) is 0 Å². The summed E-state index contributed by atoms with van der Waals surface area (Å²) >= 11 is 0. The molecule has 0 aromatic heterocycles. The van der Waals surface area contributed by atoms with E-state index in [-0.39, 0.29) is 27.0 Å². The summed E-state index contributed by atoms with van der Waals surface area (Å²) in [6, 6.07) is 0. The summed E-state index contributed by atoms with van der Waals surface area (Å²) in [5.74, 6) is 1.28. The molecule has 0 amide bonds. The molecule has 4 aliphatic rings. The van der Waals surface area contributed by atoms with Gasteiger partial charge in [-0.2, -0.15) is 0 Å². The lowest BCUT2D eigenvalue weighted by Crippen LogP contribution is -2.56. The van der Waals surface area contributed by atoms with E-state index in [1.807, 2.05) is 0 Å². The van der Waals surface area contributed by atoms with Gasteiger partial charge in [-0.15, -0.1) is 0 Å². The standard InChI is InChI=1S/C31H58O3Si2/c1-28(2,3)35(8,9)33-21-31-19-16-23(32)20-22(31)12-13-24-25-14-15-27(30(25,7)18-17-26(24)31)34-36(10,11)29(4,5)6/h12,23-27,32H,13-21H2,1-11H3/t23-,24-,25-,26-,27-,30-,31+/m0/s1/i21D,27D/t21-,23+,24+,25+,26+,27+,30+,31-/m1. The molecule has 5 heteroatoms. The van der Waals surface area contributed by atoms with E-state index in [2.05, 4.69) is 80.7 Å². The molecule has 208 valence electrons. The van der Waals surface area contributed by atoms with Crippen molar-refractivity contribution in [2.45, 2.75) is 148 Å². The zero-order valence-electron chi connectivity index (χ0n) is 27.4. The normalized spacial score (nSPS) is 43.5. The summed E-state index contributed by atoms with van der Waals surface area (Å²) in [5, 5.41) is 10.8. The second-order valence-electron chi connectivity index (χ2n) is 16.1. The van der Waals surface area contributed by atoms with Crippen LogP contribution in [0.5, 0.6) is 0 Å². The van der Waals surface area contributed by atoms with Crippen LogP contribution in [0.2, 0.25) is 36.3 Å². The van der Waals surface area contributed by atoms with E-state index >= 15 is 0 Å². The first-order valence-electron chi connectivity index (χ1n) is 15.9. The largest absolute Gasteiger partial charge is 0.416 e. The van der Waals surface area contributed by atoms with Gasteiger partial charge in [-0.1, -0.05) is 60.1 Å². The highest BCUT2D eigenvalue weighted by Crippen LogP contribution is 2.66. The molecule has 0 aromatic rings. The fraction of sp³-hybridized carbons (Fsp3) is 0.935. The van der Waals surface area contributed by atoms with Gasteiger partial charge in [-0.05, 0) is 111 Å². The highest BCUT2D eigenvalue weighted by molar-refractivity contribution is 6.74. The number of aliphatic hydroxyl groups is 1. The van der Waals surface area contributed by atoms with E-state index in [4.69, 9.17) is 8.85 Å². The first-order chi connectivity index (χ1) is 17.1. The molecular weight excluding hydrogens is 477 g/mol. The van der Waals surface area contributed by atoms with Crippen LogP contribution >= 0.6 is 0 Å². The summed E-state index contributed by atoms with van der Waals surface area (Å²) in [6.07, 6.45) is 8.47. The van der Waals surface area contributed by atoms with Gasteiger partial charge >= 0.3 is 0 Å². The van der Waals surface area contributed by atoms with E-state index in [9.17, 15) is 7.85 Å². The zero-order chi connectivity index (χ0) is 28.7. The summed E-state index contributed by atoms with van der Waals surface area (Å²) in [7, 11) is -4.23. The molecule has 0 unspecified atom stereocenters. The van der Waals surface area contributed by atoms with Gasteiger partial charge < -0.3 is 14.0 Å². The van der Waals surface area contributed by atoms with Gasteiger partial charge in [0.05, 0.1) is 14.9 Å². The molecule has 36 heavy (non-hydrogen) atoms. The molecule has 0 aromatic carbocycles. The van der Waals surface area contributed by atoms with Crippen LogP contribution in [0.15, 0.2) is 11.6 Å². The maximum atomic E-state index is 10.7. The molecule has 3 fully saturated rings. The van der Waals surface area contributed by atoms with E-state index in [0.29, 0.717) is 24.2 Å². The number of aliphatic hydroxyl groups excluding tert-OH is 1. The molecule has 0 aliphatic heterocycles. The average molecular weight is 537 g/mol. The Hall–Kier alpha value is 0.0538. The molecular formula is C31H58O3Si2. The lowest BCUT2D eigenvalue weighted by atomic mass is 9.47. The molecule has 3 nitrogen and oxygen atoms in total. The van der Waals surface area contributed by atoms with Crippen LogP contribution in [0.4, 0.5) is 0 Å². The average Bonchev–Trinajstić information content (AvgIpc) is 3.01. The minimum Gasteiger partial charge on any atom is -0.416 e. The first kappa shape index (κ1) is 26.3.